The highest BCUT2D eigenvalue weighted by Crippen LogP contribution is 2.55. The number of hydrogen-bond acceptors (Lipinski definition) is 6. The molecule has 9 heteroatoms. The average molecular weight is 630 g/mol. The molecule has 2 atom stereocenters. The van der Waals surface area contributed by atoms with E-state index in [1.54, 1.807) is 0 Å². The summed E-state index contributed by atoms with van der Waals surface area (Å²) in [6.45, 7) is 17.1. The first kappa shape index (κ1) is 34.2. The van der Waals surface area contributed by atoms with E-state index in [1.807, 2.05) is 31.9 Å². The van der Waals surface area contributed by atoms with Crippen LogP contribution in [0.1, 0.15) is 99.5 Å². The summed E-state index contributed by atoms with van der Waals surface area (Å²) < 4.78 is 17.4. The molecule has 8 nitrogen and oxygen atoms in total. The van der Waals surface area contributed by atoms with Gasteiger partial charge in [-0.3, -0.25) is 9.79 Å². The summed E-state index contributed by atoms with van der Waals surface area (Å²) in [5.74, 6) is -0.130. The van der Waals surface area contributed by atoms with E-state index in [9.17, 15) is 9.59 Å². The van der Waals surface area contributed by atoms with Crippen LogP contribution < -0.4 is 10.8 Å². The summed E-state index contributed by atoms with van der Waals surface area (Å²) in [5.41, 5.74) is 3.70. The lowest BCUT2D eigenvalue weighted by Gasteiger charge is -2.32. The second-order valence-electron chi connectivity index (χ2n) is 15.0. The fraction of sp³-hybridized carbons (Fsp3) is 0.595. The zero-order valence-electron chi connectivity index (χ0n) is 29.2. The Morgan fingerprint density at radius 1 is 1.09 bits per heavy atom. The molecule has 248 valence electrons. The van der Waals surface area contributed by atoms with Crippen LogP contribution in [0.4, 0.5) is 4.79 Å². The third-order valence-electron chi connectivity index (χ3n) is 10.6. The van der Waals surface area contributed by atoms with Crippen LogP contribution in [-0.4, -0.2) is 66.7 Å². The van der Waals surface area contributed by atoms with Crippen molar-refractivity contribution in [2.24, 2.45) is 16.3 Å². The topological polar surface area (TPSA) is 89.5 Å². The predicted octanol–water partition coefficient (Wildman–Crippen LogP) is 6.89. The molecule has 3 fully saturated rings. The molecule has 2 heterocycles. The monoisotopic (exact) mass is 629 g/mol. The van der Waals surface area contributed by atoms with Gasteiger partial charge in [0.15, 0.2) is 0 Å². The van der Waals surface area contributed by atoms with Crippen LogP contribution in [0, 0.1) is 11.3 Å². The van der Waals surface area contributed by atoms with E-state index in [4.69, 9.17) is 19.0 Å². The second-order valence-corrected chi connectivity index (χ2v) is 15.0. The van der Waals surface area contributed by atoms with Crippen molar-refractivity contribution in [3.63, 3.8) is 0 Å². The number of nitrogens with one attached hydrogen (secondary N) is 1. The highest BCUT2D eigenvalue weighted by atomic mass is 16.7. The number of alkyl carbamates (subject to hydrolysis) is 1. The number of aliphatic imine (C=N–C) groups is 1. The minimum absolute atomic E-state index is 0.0617. The Morgan fingerprint density at radius 2 is 1.74 bits per heavy atom. The van der Waals surface area contributed by atoms with Gasteiger partial charge in [-0.1, -0.05) is 57.5 Å². The number of likely N-dealkylation sites (tertiary alicyclic amines) is 1. The average Bonchev–Trinajstić information content (AvgIpc) is 3.60. The number of ether oxygens (including phenoxy) is 1. The van der Waals surface area contributed by atoms with Crippen LogP contribution in [-0.2, 0) is 18.8 Å². The molecule has 46 heavy (non-hydrogen) atoms. The Balaban J connectivity index is 1.40. The molecule has 5 rings (SSSR count). The largest absolute Gasteiger partial charge is 0.494 e. The zero-order valence-corrected chi connectivity index (χ0v) is 29.2. The lowest BCUT2D eigenvalue weighted by atomic mass is 9.78. The van der Waals surface area contributed by atoms with Gasteiger partial charge in [-0.2, -0.15) is 0 Å². The molecule has 0 bridgehead atoms. The lowest BCUT2D eigenvalue weighted by Crippen LogP contribution is -2.53. The summed E-state index contributed by atoms with van der Waals surface area (Å²) in [4.78, 5) is 32.9. The first-order valence-corrected chi connectivity index (χ1v) is 17.0. The van der Waals surface area contributed by atoms with Crippen molar-refractivity contribution < 1.29 is 23.6 Å². The number of rotatable bonds is 10. The van der Waals surface area contributed by atoms with Gasteiger partial charge in [-0.05, 0) is 111 Å². The second kappa shape index (κ2) is 13.1. The van der Waals surface area contributed by atoms with Crippen molar-refractivity contribution in [2.75, 3.05) is 13.7 Å². The minimum atomic E-state index is -0.643. The Morgan fingerprint density at radius 3 is 2.35 bits per heavy atom. The maximum absolute atomic E-state index is 13.8. The van der Waals surface area contributed by atoms with Gasteiger partial charge in [0, 0.05) is 18.5 Å². The summed E-state index contributed by atoms with van der Waals surface area (Å²) in [7, 11) is 0.929. The van der Waals surface area contributed by atoms with Crippen molar-refractivity contribution in [3.8, 4) is 0 Å². The van der Waals surface area contributed by atoms with Crippen LogP contribution in [0.3, 0.4) is 0 Å². The smallest absolute Gasteiger partial charge is 0.453 e. The fourth-order valence-electron chi connectivity index (χ4n) is 6.58. The van der Waals surface area contributed by atoms with Gasteiger partial charge in [-0.25, -0.2) is 4.79 Å². The van der Waals surface area contributed by atoms with Gasteiger partial charge in [0.05, 0.1) is 24.4 Å². The van der Waals surface area contributed by atoms with E-state index in [0.29, 0.717) is 6.54 Å². The molecule has 2 aromatic carbocycles. The molecule has 2 saturated heterocycles. The molecule has 0 unspecified atom stereocenters. The Kier molecular flexibility index (Phi) is 9.77. The number of nitrogens with zero attached hydrogens (tertiary/aromatic N) is 2. The van der Waals surface area contributed by atoms with Crippen LogP contribution in [0.25, 0.3) is 16.3 Å². The fourth-order valence-corrected chi connectivity index (χ4v) is 6.58. The van der Waals surface area contributed by atoms with Gasteiger partial charge >= 0.3 is 13.2 Å². The molecule has 0 radical (unpaired) electrons. The molecule has 1 saturated carbocycles. The number of unbranched alkanes of at least 4 members (excludes halogenated alkanes) is 1. The van der Waals surface area contributed by atoms with Crippen LogP contribution in [0.2, 0.25) is 0 Å². The van der Waals surface area contributed by atoms with Crippen molar-refractivity contribution in [1.82, 2.24) is 10.2 Å². The van der Waals surface area contributed by atoms with E-state index in [2.05, 4.69) is 76.3 Å². The third-order valence-corrected chi connectivity index (χ3v) is 10.6. The summed E-state index contributed by atoms with van der Waals surface area (Å²) in [6.07, 6.45) is 7.66. The standard InChI is InChI=1S/C37H52BN3O5/c1-10-11-12-29(27-13-14-28-20-30(16-15-26(28)19-27)38-45-35(5,6)36(7,8)46-38)22-39-25(4)31-21-37(17-18-37)23-41(31)33(42)32(24(2)3)40-34(43)44-9/h13-16,19-20,22,24,31-32H,10-12,17-18,21,23H2,1-9H3,(H,40,43)/b29-22+,39-25?/t31-,32-/m0/s1. The van der Waals surface area contributed by atoms with E-state index >= 15 is 0 Å². The number of hydrogen-bond donors (Lipinski definition) is 1. The molecule has 1 aliphatic carbocycles. The highest BCUT2D eigenvalue weighted by Gasteiger charge is 2.55. The number of fused-ring (bicyclic) bond motifs is 1. The summed E-state index contributed by atoms with van der Waals surface area (Å²) >= 11 is 0. The number of allylic oxidation sites excluding steroid dienone is 1. The van der Waals surface area contributed by atoms with E-state index in [1.165, 1.54) is 12.7 Å². The number of methoxy groups -OCH3 is 1. The van der Waals surface area contributed by atoms with Gasteiger partial charge in [0.25, 0.3) is 0 Å². The molecule has 0 aromatic heterocycles. The normalized spacial score (nSPS) is 22.5. The number of carbonyl (C=O) groups is 2. The van der Waals surface area contributed by atoms with E-state index in [-0.39, 0.29) is 34.5 Å². The SMILES string of the molecule is CCCC/C(=C\N=C(C)[C@@H]1CC2(CC2)CN1C(=O)[C@@H](NC(=O)OC)C(C)C)c1ccc2cc(B3OC(C)(C)C(C)(C)O3)ccc2c1. The Hall–Kier alpha value is -3.17. The molecule has 1 N–H and O–H groups in total. The van der Waals surface area contributed by atoms with Crippen molar-refractivity contribution >= 4 is 46.6 Å². The van der Waals surface area contributed by atoms with Crippen molar-refractivity contribution in [2.45, 2.75) is 117 Å². The van der Waals surface area contributed by atoms with Crippen LogP contribution in [0.15, 0.2) is 47.6 Å². The number of amides is 2. The van der Waals surface area contributed by atoms with Gasteiger partial charge < -0.3 is 24.3 Å². The van der Waals surface area contributed by atoms with Gasteiger partial charge in [0.2, 0.25) is 5.91 Å². The predicted molar refractivity (Wildman–Crippen MR) is 186 cm³/mol. The molecule has 2 aromatic rings. The molecule has 1 spiro atoms. The molecule has 2 aliphatic heterocycles. The lowest BCUT2D eigenvalue weighted by molar-refractivity contribution is -0.134. The Bertz CT molecular complexity index is 1510. The quantitative estimate of drug-likeness (QED) is 0.228. The molecular formula is C37H52BN3O5. The first-order chi connectivity index (χ1) is 21.7. The van der Waals surface area contributed by atoms with Gasteiger partial charge in [-0.15, -0.1) is 0 Å². The zero-order chi connectivity index (χ0) is 33.4. The molecular weight excluding hydrogens is 577 g/mol. The summed E-state index contributed by atoms with van der Waals surface area (Å²) in [6, 6.07) is 12.3. The number of benzene rings is 2. The summed E-state index contributed by atoms with van der Waals surface area (Å²) in [5, 5.41) is 5.06. The third kappa shape index (κ3) is 7.06. The molecule has 2 amide bonds. The maximum Gasteiger partial charge on any atom is 0.494 e. The van der Waals surface area contributed by atoms with Crippen molar-refractivity contribution in [1.29, 1.82) is 0 Å². The maximum atomic E-state index is 13.8. The van der Waals surface area contributed by atoms with E-state index < -0.39 is 19.3 Å². The van der Waals surface area contributed by atoms with Crippen molar-refractivity contribution in [3.05, 3.63) is 48.2 Å². The van der Waals surface area contributed by atoms with Gasteiger partial charge in [0.1, 0.15) is 6.04 Å². The minimum Gasteiger partial charge on any atom is -0.453 e. The van der Waals surface area contributed by atoms with Crippen LogP contribution in [0.5, 0.6) is 0 Å². The Labute approximate surface area is 275 Å². The first-order valence-electron chi connectivity index (χ1n) is 17.0. The number of carbonyl (C=O) groups excluding carboxylic acids is 2. The van der Waals surface area contributed by atoms with E-state index in [0.717, 1.165) is 66.0 Å². The molecule has 3 aliphatic rings. The van der Waals surface area contributed by atoms with Crippen LogP contribution >= 0.6 is 0 Å². The highest BCUT2D eigenvalue weighted by molar-refractivity contribution is 6.62.